The van der Waals surface area contributed by atoms with Gasteiger partial charge in [0.05, 0.1) is 12.8 Å². The van der Waals surface area contributed by atoms with E-state index in [1.54, 1.807) is 26.1 Å². The minimum absolute atomic E-state index is 0.306. The van der Waals surface area contributed by atoms with Crippen LogP contribution in [0.3, 0.4) is 0 Å². The largest absolute Gasteiger partial charge is 0.505 e. The van der Waals surface area contributed by atoms with Crippen LogP contribution in [-0.4, -0.2) is 27.5 Å². The molecule has 0 radical (unpaired) electrons. The van der Waals surface area contributed by atoms with E-state index in [-0.39, 0.29) is 5.97 Å². The van der Waals surface area contributed by atoms with Crippen LogP contribution in [0, 0.1) is 5.82 Å². The molecule has 1 N–H and O–H groups in total. The van der Waals surface area contributed by atoms with Gasteiger partial charge < -0.3 is 9.84 Å². The average molecular weight is 278 g/mol. The van der Waals surface area contributed by atoms with Gasteiger partial charge in [0.25, 0.3) is 0 Å². The topological polar surface area (TPSA) is 64.3 Å². The summed E-state index contributed by atoms with van der Waals surface area (Å²) in [5.41, 5.74) is 1.22. The summed E-state index contributed by atoms with van der Waals surface area (Å²) in [5.74, 6) is -1.48. The number of rotatable bonds is 4. The van der Waals surface area contributed by atoms with Crippen LogP contribution in [0.4, 0.5) is 4.39 Å². The van der Waals surface area contributed by atoms with Crippen LogP contribution in [0.2, 0.25) is 0 Å². The van der Waals surface area contributed by atoms with Gasteiger partial charge in [0.15, 0.2) is 11.6 Å². The average Bonchev–Trinajstić information content (AvgIpc) is 2.91. The van der Waals surface area contributed by atoms with Crippen LogP contribution in [-0.2, 0) is 9.53 Å². The predicted molar refractivity (Wildman–Crippen MR) is 70.6 cm³/mol. The van der Waals surface area contributed by atoms with Gasteiger partial charge in [0.1, 0.15) is 6.04 Å². The third-order valence-corrected chi connectivity index (χ3v) is 2.91. The van der Waals surface area contributed by atoms with E-state index in [4.69, 9.17) is 9.84 Å². The van der Waals surface area contributed by atoms with Gasteiger partial charge in [-0.2, -0.15) is 5.10 Å². The number of aromatic hydroxyl groups is 1. The minimum Gasteiger partial charge on any atom is -0.505 e. The molecule has 0 amide bonds. The zero-order valence-electron chi connectivity index (χ0n) is 11.2. The highest BCUT2D eigenvalue weighted by molar-refractivity contribution is 5.74. The fourth-order valence-corrected chi connectivity index (χ4v) is 1.76. The highest BCUT2D eigenvalue weighted by Gasteiger charge is 2.17. The van der Waals surface area contributed by atoms with Crippen LogP contribution in [0.15, 0.2) is 30.6 Å². The molecule has 0 aliphatic rings. The molecule has 0 aliphatic carbocycles. The van der Waals surface area contributed by atoms with Gasteiger partial charge in [-0.05, 0) is 31.5 Å². The molecule has 0 aliphatic heterocycles. The van der Waals surface area contributed by atoms with E-state index in [0.29, 0.717) is 17.7 Å². The van der Waals surface area contributed by atoms with Gasteiger partial charge in [-0.25, -0.2) is 9.18 Å². The van der Waals surface area contributed by atoms with Gasteiger partial charge in [0, 0.05) is 11.8 Å². The van der Waals surface area contributed by atoms with Crippen LogP contribution >= 0.6 is 0 Å². The molecular weight excluding hydrogens is 263 g/mol. The van der Waals surface area contributed by atoms with Crippen molar-refractivity contribution in [2.24, 2.45) is 0 Å². The number of esters is 1. The van der Waals surface area contributed by atoms with Crippen molar-refractivity contribution in [2.75, 3.05) is 6.61 Å². The molecule has 106 valence electrons. The number of hydrogen-bond acceptors (Lipinski definition) is 4. The van der Waals surface area contributed by atoms with E-state index in [0.717, 1.165) is 0 Å². The van der Waals surface area contributed by atoms with Crippen molar-refractivity contribution in [3.05, 3.63) is 36.4 Å². The molecule has 0 fully saturated rings. The molecule has 1 aromatic carbocycles. The number of nitrogens with zero attached hydrogens (tertiary/aromatic N) is 2. The Hall–Kier alpha value is -2.37. The lowest BCUT2D eigenvalue weighted by Gasteiger charge is -2.10. The Morgan fingerprint density at radius 3 is 2.90 bits per heavy atom. The summed E-state index contributed by atoms with van der Waals surface area (Å²) in [6, 6.07) is 3.52. The standard InChI is InChI=1S/C14H15FN2O3/c1-3-20-14(19)9(2)17-8-11(7-16-17)10-4-5-13(18)12(15)6-10/h4-9,18H,3H2,1-2H3. The summed E-state index contributed by atoms with van der Waals surface area (Å²) in [6.07, 6.45) is 3.16. The Morgan fingerprint density at radius 2 is 2.25 bits per heavy atom. The Labute approximate surface area is 115 Å². The zero-order valence-corrected chi connectivity index (χ0v) is 11.2. The van der Waals surface area contributed by atoms with Crippen LogP contribution in [0.1, 0.15) is 19.9 Å². The smallest absolute Gasteiger partial charge is 0.330 e. The highest BCUT2D eigenvalue weighted by Crippen LogP contribution is 2.25. The van der Waals surface area contributed by atoms with E-state index in [1.165, 1.54) is 23.0 Å². The molecule has 1 heterocycles. The van der Waals surface area contributed by atoms with Crippen molar-refractivity contribution in [2.45, 2.75) is 19.9 Å². The molecule has 0 bridgehead atoms. The Bertz CT molecular complexity index is 625. The molecule has 2 aromatic rings. The van der Waals surface area contributed by atoms with Gasteiger partial charge in [0.2, 0.25) is 0 Å². The van der Waals surface area contributed by atoms with Crippen LogP contribution in [0.5, 0.6) is 5.75 Å². The quantitative estimate of drug-likeness (QED) is 0.873. The maximum atomic E-state index is 13.3. The molecule has 6 heteroatoms. The minimum atomic E-state index is -0.700. The first-order chi connectivity index (χ1) is 9.52. The van der Waals surface area contributed by atoms with Gasteiger partial charge in [-0.15, -0.1) is 0 Å². The number of carbonyl (C=O) groups excluding carboxylic acids is 1. The molecule has 0 saturated heterocycles. The zero-order chi connectivity index (χ0) is 14.7. The van der Waals surface area contributed by atoms with E-state index < -0.39 is 17.6 Å². The van der Waals surface area contributed by atoms with Gasteiger partial charge in [-0.1, -0.05) is 6.07 Å². The molecule has 1 unspecified atom stereocenters. The summed E-state index contributed by atoms with van der Waals surface area (Å²) >= 11 is 0. The number of ether oxygens (including phenoxy) is 1. The number of phenolic OH excluding ortho intramolecular Hbond substituents is 1. The summed E-state index contributed by atoms with van der Waals surface area (Å²) in [7, 11) is 0. The molecule has 2 rings (SSSR count). The number of aromatic nitrogens is 2. The number of benzene rings is 1. The number of halogens is 1. The van der Waals surface area contributed by atoms with Crippen molar-refractivity contribution in [3.8, 4) is 16.9 Å². The molecule has 0 saturated carbocycles. The maximum Gasteiger partial charge on any atom is 0.330 e. The monoisotopic (exact) mass is 278 g/mol. The second kappa shape index (κ2) is 5.73. The van der Waals surface area contributed by atoms with Crippen molar-refractivity contribution in [3.63, 3.8) is 0 Å². The number of phenols is 1. The lowest BCUT2D eigenvalue weighted by molar-refractivity contribution is -0.146. The lowest BCUT2D eigenvalue weighted by atomic mass is 10.1. The molecule has 5 nitrogen and oxygen atoms in total. The normalized spacial score (nSPS) is 12.2. The van der Waals surface area contributed by atoms with Crippen molar-refractivity contribution < 1.29 is 19.0 Å². The van der Waals surface area contributed by atoms with Gasteiger partial charge in [-0.3, -0.25) is 4.68 Å². The highest BCUT2D eigenvalue weighted by atomic mass is 19.1. The van der Waals surface area contributed by atoms with Gasteiger partial charge >= 0.3 is 5.97 Å². The molecule has 0 spiro atoms. The summed E-state index contributed by atoms with van der Waals surface area (Å²) in [4.78, 5) is 11.6. The Morgan fingerprint density at radius 1 is 1.50 bits per heavy atom. The molecular formula is C14H15FN2O3. The van der Waals surface area contributed by atoms with E-state index in [2.05, 4.69) is 5.10 Å². The Kier molecular flexibility index (Phi) is 4.02. The fourth-order valence-electron chi connectivity index (χ4n) is 1.76. The van der Waals surface area contributed by atoms with Crippen molar-refractivity contribution >= 4 is 5.97 Å². The first-order valence-corrected chi connectivity index (χ1v) is 6.22. The number of carbonyl (C=O) groups is 1. The maximum absolute atomic E-state index is 13.3. The van der Waals surface area contributed by atoms with E-state index in [1.807, 2.05) is 0 Å². The van der Waals surface area contributed by atoms with E-state index >= 15 is 0 Å². The van der Waals surface area contributed by atoms with E-state index in [9.17, 15) is 9.18 Å². The SMILES string of the molecule is CCOC(=O)C(C)n1cc(-c2ccc(O)c(F)c2)cn1. The number of hydrogen-bond donors (Lipinski definition) is 1. The first-order valence-electron chi connectivity index (χ1n) is 6.22. The second-order valence-electron chi connectivity index (χ2n) is 4.30. The first kappa shape index (κ1) is 14.0. The third-order valence-electron chi connectivity index (χ3n) is 2.91. The van der Waals surface area contributed by atoms with Crippen molar-refractivity contribution in [1.82, 2.24) is 9.78 Å². The molecule has 1 aromatic heterocycles. The Balaban J connectivity index is 2.24. The fraction of sp³-hybridized carbons (Fsp3) is 0.286. The lowest BCUT2D eigenvalue weighted by Crippen LogP contribution is -2.19. The second-order valence-corrected chi connectivity index (χ2v) is 4.30. The van der Waals surface area contributed by atoms with Crippen LogP contribution in [0.25, 0.3) is 11.1 Å². The summed E-state index contributed by atoms with van der Waals surface area (Å²) < 4.78 is 19.7. The van der Waals surface area contributed by atoms with Crippen LogP contribution < -0.4 is 0 Å². The predicted octanol–water partition coefficient (Wildman–Crippen LogP) is 2.52. The summed E-state index contributed by atoms with van der Waals surface area (Å²) in [6.45, 7) is 3.71. The molecule has 20 heavy (non-hydrogen) atoms. The van der Waals surface area contributed by atoms with Crippen molar-refractivity contribution in [1.29, 1.82) is 0 Å². The third kappa shape index (κ3) is 2.79. The summed E-state index contributed by atoms with van der Waals surface area (Å²) in [5, 5.41) is 13.2. The molecule has 1 atom stereocenters.